The summed E-state index contributed by atoms with van der Waals surface area (Å²) in [5, 5.41) is 39.9. The van der Waals surface area contributed by atoms with Crippen LogP contribution in [0.15, 0.2) is 194 Å². The van der Waals surface area contributed by atoms with Crippen molar-refractivity contribution in [2.75, 3.05) is 0 Å². The fourth-order valence-electron chi connectivity index (χ4n) is 9.26. The van der Waals surface area contributed by atoms with Gasteiger partial charge in [0.1, 0.15) is 46.0 Å². The van der Waals surface area contributed by atoms with E-state index in [1.165, 1.54) is 0 Å². The zero-order chi connectivity index (χ0) is 48.3. The van der Waals surface area contributed by atoms with Crippen molar-refractivity contribution in [2.24, 2.45) is 0 Å². The molecular formula is C61H60O8. The van der Waals surface area contributed by atoms with Crippen molar-refractivity contribution in [3.05, 3.63) is 239 Å². The molecule has 8 nitrogen and oxygen atoms in total. The van der Waals surface area contributed by atoms with Crippen LogP contribution in [-0.4, -0.2) is 26.6 Å². The molecule has 0 aromatic heterocycles. The number of benzene rings is 8. The van der Waals surface area contributed by atoms with Crippen LogP contribution in [0, 0.1) is 0 Å². The van der Waals surface area contributed by atoms with Crippen LogP contribution in [0.3, 0.4) is 0 Å². The summed E-state index contributed by atoms with van der Waals surface area (Å²) in [6.07, 6.45) is 1.16. The van der Waals surface area contributed by atoms with Crippen molar-refractivity contribution in [1.82, 2.24) is 0 Å². The first kappa shape index (κ1) is 47.6. The molecular weight excluding hydrogens is 861 g/mol. The summed E-state index contributed by atoms with van der Waals surface area (Å²) < 4.78 is 27.5. The van der Waals surface area contributed by atoms with E-state index in [0.717, 1.165) is 70.2 Å². The Morgan fingerprint density at radius 3 is 0.551 bits per heavy atom. The normalized spacial score (nSPS) is 13.9. The highest BCUT2D eigenvalue weighted by Crippen LogP contribution is 2.38. The maximum Gasteiger partial charge on any atom is 0.611 e. The van der Waals surface area contributed by atoms with Gasteiger partial charge in [-0.1, -0.05) is 125 Å². The molecule has 8 heteroatoms. The van der Waals surface area contributed by atoms with E-state index in [-0.39, 0.29) is 46.7 Å². The van der Waals surface area contributed by atoms with Crippen molar-refractivity contribution in [2.45, 2.75) is 83.2 Å². The Morgan fingerprint density at radius 2 is 0.406 bits per heavy atom. The van der Waals surface area contributed by atoms with Gasteiger partial charge in [-0.2, -0.15) is 0 Å². The van der Waals surface area contributed by atoms with Crippen molar-refractivity contribution in [3.63, 3.8) is 0 Å². The lowest BCUT2D eigenvalue weighted by Gasteiger charge is -2.33. The number of ether oxygens (including phenoxy) is 4. The highest BCUT2D eigenvalue weighted by atomic mass is 17.0. The Kier molecular flexibility index (Phi) is 15.1. The Bertz CT molecular complexity index is 2420. The summed E-state index contributed by atoms with van der Waals surface area (Å²) >= 11 is 0. The molecule has 8 aromatic rings. The minimum Gasteiger partial charge on any atom is -0.508 e. The van der Waals surface area contributed by atoms with E-state index in [0.29, 0.717) is 23.0 Å². The van der Waals surface area contributed by atoms with Gasteiger partial charge in [0.15, 0.2) is 0 Å². The van der Waals surface area contributed by atoms with Crippen LogP contribution in [0.5, 0.6) is 46.0 Å². The first-order chi connectivity index (χ1) is 33.5. The third-order valence-electron chi connectivity index (χ3n) is 12.9. The zero-order valence-electron chi connectivity index (χ0n) is 39.5. The van der Waals surface area contributed by atoms with Gasteiger partial charge in [0.2, 0.25) is 0 Å². The molecule has 0 saturated carbocycles. The molecule has 8 rings (SSSR count). The molecule has 0 heterocycles. The van der Waals surface area contributed by atoms with Crippen LogP contribution in [0.25, 0.3) is 0 Å². The fourth-order valence-corrected chi connectivity index (χ4v) is 9.26. The van der Waals surface area contributed by atoms with Gasteiger partial charge in [0.05, 0.1) is 0 Å². The number of hydrogen-bond donors (Lipinski definition) is 4. The van der Waals surface area contributed by atoms with Crippen molar-refractivity contribution >= 4 is 0 Å². The van der Waals surface area contributed by atoms with Crippen LogP contribution in [0.1, 0.15) is 122 Å². The van der Waals surface area contributed by atoms with Crippen LogP contribution in [-0.2, 0) is 0 Å². The number of phenolic OH excluding ortho intramolecular Hbond substituents is 4. The Balaban J connectivity index is 1.18. The largest absolute Gasteiger partial charge is 0.611 e. The van der Waals surface area contributed by atoms with E-state index in [4.69, 9.17) is 18.9 Å². The first-order valence-corrected chi connectivity index (χ1v) is 23.9. The summed E-state index contributed by atoms with van der Waals surface area (Å²) in [6, 6.07) is 60.5. The van der Waals surface area contributed by atoms with E-state index in [9.17, 15) is 20.4 Å². The minimum absolute atomic E-state index is 0.0827. The molecule has 0 aliphatic heterocycles. The molecule has 0 amide bonds. The topological polar surface area (TPSA) is 118 Å². The van der Waals surface area contributed by atoms with Gasteiger partial charge in [0, 0.05) is 23.7 Å². The average molecular weight is 921 g/mol. The van der Waals surface area contributed by atoms with Crippen LogP contribution in [0.2, 0.25) is 0 Å². The summed E-state index contributed by atoms with van der Waals surface area (Å²) in [6.45, 7) is 8.55. The van der Waals surface area contributed by atoms with E-state index in [2.05, 4.69) is 27.7 Å². The summed E-state index contributed by atoms with van der Waals surface area (Å²) in [5.41, 5.74) is 8.64. The first-order valence-electron chi connectivity index (χ1n) is 23.9. The summed E-state index contributed by atoms with van der Waals surface area (Å²) in [4.78, 5) is 0. The summed E-state index contributed by atoms with van der Waals surface area (Å²) in [7, 11) is 0. The molecule has 0 radical (unpaired) electrons. The molecule has 0 saturated heterocycles. The van der Waals surface area contributed by atoms with E-state index in [1.807, 2.05) is 146 Å². The van der Waals surface area contributed by atoms with Gasteiger partial charge in [-0.15, -0.1) is 0 Å². The molecule has 0 aliphatic rings. The Labute approximate surface area is 405 Å². The molecule has 0 fully saturated rings. The van der Waals surface area contributed by atoms with Crippen LogP contribution in [0.4, 0.5) is 0 Å². The predicted octanol–water partition coefficient (Wildman–Crippen LogP) is 14.9. The number of hydrogen-bond acceptors (Lipinski definition) is 8. The second kappa shape index (κ2) is 21.9. The Morgan fingerprint density at radius 1 is 0.261 bits per heavy atom. The molecule has 0 spiro atoms. The van der Waals surface area contributed by atoms with Crippen LogP contribution < -0.4 is 18.9 Å². The Hall–Kier alpha value is -7.84. The van der Waals surface area contributed by atoms with Gasteiger partial charge in [-0.3, -0.25) is 0 Å². The summed E-state index contributed by atoms with van der Waals surface area (Å²) in [5.74, 6) is 2.94. The molecule has 0 aliphatic carbocycles. The standard InChI is InChI=1S/C61H60O8/c1-5-57(41-9-25-49(62)26-10-41)45-17-33-53(34-18-45)66-61(67-54-35-19-46(20-36-54)58(6-2)42-11-27-50(63)28-12-42,68-55-37-21-47(22-38-55)59(7-3)43-13-29-51(64)30-14-43)69-56-39-23-48(24-40-56)60(8-4)44-15-31-52(65)32-16-44/h9-40,57-60,62-65H,5-8H2,1-4H3. The van der Waals surface area contributed by atoms with Gasteiger partial charge in [-0.25, -0.2) is 0 Å². The number of rotatable bonds is 20. The van der Waals surface area contributed by atoms with Gasteiger partial charge >= 0.3 is 6.16 Å². The van der Waals surface area contributed by atoms with Gasteiger partial charge < -0.3 is 39.4 Å². The average Bonchev–Trinajstić information content (AvgIpc) is 3.37. The molecule has 0 bridgehead atoms. The van der Waals surface area contributed by atoms with Gasteiger partial charge in [-0.05, 0) is 167 Å². The maximum atomic E-state index is 9.98. The van der Waals surface area contributed by atoms with Crippen molar-refractivity contribution in [1.29, 1.82) is 0 Å². The highest BCUT2D eigenvalue weighted by molar-refractivity contribution is 5.43. The monoisotopic (exact) mass is 920 g/mol. The lowest BCUT2D eigenvalue weighted by molar-refractivity contribution is -0.367. The van der Waals surface area contributed by atoms with Gasteiger partial charge in [0.25, 0.3) is 0 Å². The third-order valence-corrected chi connectivity index (χ3v) is 12.9. The van der Waals surface area contributed by atoms with E-state index in [1.54, 1.807) is 48.5 Å². The minimum atomic E-state index is -2.21. The van der Waals surface area contributed by atoms with Crippen molar-refractivity contribution in [3.8, 4) is 46.0 Å². The molecule has 4 N–H and O–H groups in total. The molecule has 4 atom stereocenters. The van der Waals surface area contributed by atoms with E-state index < -0.39 is 6.16 Å². The molecule has 8 aromatic carbocycles. The van der Waals surface area contributed by atoms with Crippen LogP contribution >= 0.6 is 0 Å². The second-order valence-electron chi connectivity index (χ2n) is 17.4. The number of aromatic hydroxyl groups is 4. The predicted molar refractivity (Wildman–Crippen MR) is 272 cm³/mol. The molecule has 69 heavy (non-hydrogen) atoms. The lowest BCUT2D eigenvalue weighted by atomic mass is 9.89. The fraction of sp³-hybridized carbons (Fsp3) is 0.213. The number of phenols is 4. The van der Waals surface area contributed by atoms with E-state index >= 15 is 0 Å². The highest BCUT2D eigenvalue weighted by Gasteiger charge is 2.44. The zero-order valence-corrected chi connectivity index (χ0v) is 39.5. The smallest absolute Gasteiger partial charge is 0.508 e. The molecule has 352 valence electrons. The van der Waals surface area contributed by atoms with Crippen molar-refractivity contribution < 1.29 is 39.4 Å². The molecule has 4 unspecified atom stereocenters. The quantitative estimate of drug-likeness (QED) is 0.0559. The third kappa shape index (κ3) is 11.7. The second-order valence-corrected chi connectivity index (χ2v) is 17.4. The SMILES string of the molecule is CCC(c1ccc(O)cc1)c1ccc(OC(Oc2ccc(C(CC)c3ccc(O)cc3)cc2)(Oc2ccc(C(CC)c3ccc(O)cc3)cc2)Oc2ccc(C(CC)c3ccc(O)cc3)cc2)cc1. The maximum absolute atomic E-state index is 9.98. The lowest BCUT2D eigenvalue weighted by Crippen LogP contribution is -2.53.